The van der Waals surface area contributed by atoms with Crippen LogP contribution in [-0.2, 0) is 0 Å². The smallest absolute Gasteiger partial charge is 0.337 e. The van der Waals surface area contributed by atoms with Crippen LogP contribution >= 0.6 is 11.6 Å². The SMILES string of the molecule is Nc1cc(F)c(Oc2cncc(Cl)c2)cc1C(=O)O. The molecule has 5 nitrogen and oxygen atoms in total. The van der Waals surface area contributed by atoms with Crippen LogP contribution in [0.25, 0.3) is 0 Å². The molecule has 7 heteroatoms. The van der Waals surface area contributed by atoms with Gasteiger partial charge in [0.1, 0.15) is 5.75 Å². The van der Waals surface area contributed by atoms with E-state index in [9.17, 15) is 9.18 Å². The fourth-order valence-electron chi connectivity index (χ4n) is 1.41. The van der Waals surface area contributed by atoms with Gasteiger partial charge in [0.2, 0.25) is 0 Å². The molecular weight excluding hydrogens is 275 g/mol. The zero-order valence-electron chi connectivity index (χ0n) is 9.43. The van der Waals surface area contributed by atoms with E-state index in [0.717, 1.165) is 12.1 Å². The van der Waals surface area contributed by atoms with Crippen LogP contribution in [0.1, 0.15) is 10.4 Å². The number of halogens is 2. The van der Waals surface area contributed by atoms with Crippen LogP contribution in [0.5, 0.6) is 11.5 Å². The Balaban J connectivity index is 2.40. The summed E-state index contributed by atoms with van der Waals surface area (Å²) in [6, 6.07) is 3.31. The summed E-state index contributed by atoms with van der Waals surface area (Å²) < 4.78 is 18.8. The van der Waals surface area contributed by atoms with Crippen molar-refractivity contribution in [3.63, 3.8) is 0 Å². The van der Waals surface area contributed by atoms with Gasteiger partial charge in [-0.2, -0.15) is 0 Å². The molecule has 0 aliphatic heterocycles. The number of hydrogen-bond acceptors (Lipinski definition) is 4. The molecule has 1 aromatic carbocycles. The maximum absolute atomic E-state index is 13.6. The van der Waals surface area contributed by atoms with E-state index in [0.29, 0.717) is 5.02 Å². The Hall–Kier alpha value is -2.34. The van der Waals surface area contributed by atoms with E-state index in [1.807, 2.05) is 0 Å². The Morgan fingerprint density at radius 3 is 2.74 bits per heavy atom. The Morgan fingerprint density at radius 1 is 1.37 bits per heavy atom. The summed E-state index contributed by atoms with van der Waals surface area (Å²) in [4.78, 5) is 14.7. The number of benzene rings is 1. The van der Waals surface area contributed by atoms with Gasteiger partial charge in [0.25, 0.3) is 0 Å². The van der Waals surface area contributed by atoms with Crippen molar-refractivity contribution in [2.45, 2.75) is 0 Å². The van der Waals surface area contributed by atoms with E-state index in [1.165, 1.54) is 18.5 Å². The molecule has 0 spiro atoms. The average molecular weight is 283 g/mol. The molecule has 0 unspecified atom stereocenters. The highest BCUT2D eigenvalue weighted by atomic mass is 35.5. The third kappa shape index (κ3) is 2.92. The number of aromatic nitrogens is 1. The summed E-state index contributed by atoms with van der Waals surface area (Å²) in [5, 5.41) is 9.21. The predicted molar refractivity (Wildman–Crippen MR) is 67.1 cm³/mol. The number of nitrogens with zero attached hydrogens (tertiary/aromatic N) is 1. The lowest BCUT2D eigenvalue weighted by Crippen LogP contribution is -2.04. The van der Waals surface area contributed by atoms with Gasteiger partial charge in [-0.1, -0.05) is 11.6 Å². The number of ether oxygens (including phenoxy) is 1. The predicted octanol–water partition coefficient (Wildman–Crippen LogP) is 2.95. The molecule has 2 aromatic rings. The van der Waals surface area contributed by atoms with Gasteiger partial charge in [-0.15, -0.1) is 0 Å². The molecule has 0 atom stereocenters. The molecule has 1 heterocycles. The number of carboxylic acids is 1. The van der Waals surface area contributed by atoms with Crippen molar-refractivity contribution in [2.75, 3.05) is 5.73 Å². The standard InChI is InChI=1S/C12H8ClFN2O3/c13-6-1-7(5-16-4-6)19-11-2-8(12(17)18)10(15)3-9(11)14/h1-5H,15H2,(H,17,18). The summed E-state index contributed by atoms with van der Waals surface area (Å²) in [7, 11) is 0. The van der Waals surface area contributed by atoms with Crippen molar-refractivity contribution in [1.82, 2.24) is 4.98 Å². The lowest BCUT2D eigenvalue weighted by Gasteiger charge is -2.09. The molecule has 0 saturated carbocycles. The average Bonchev–Trinajstić information content (AvgIpc) is 2.32. The quantitative estimate of drug-likeness (QED) is 0.845. The number of carbonyl (C=O) groups is 1. The highest BCUT2D eigenvalue weighted by Gasteiger charge is 2.15. The number of pyridine rings is 1. The number of hydrogen-bond donors (Lipinski definition) is 2. The fraction of sp³-hybridized carbons (Fsp3) is 0. The van der Waals surface area contributed by atoms with Crippen LogP contribution in [0.3, 0.4) is 0 Å². The van der Waals surface area contributed by atoms with Gasteiger partial charge in [-0.05, 0) is 0 Å². The topological polar surface area (TPSA) is 85.4 Å². The van der Waals surface area contributed by atoms with E-state index < -0.39 is 11.8 Å². The Morgan fingerprint density at radius 2 is 2.11 bits per heavy atom. The second kappa shape index (κ2) is 5.11. The van der Waals surface area contributed by atoms with Crippen LogP contribution in [0.4, 0.5) is 10.1 Å². The monoisotopic (exact) mass is 282 g/mol. The minimum atomic E-state index is -1.27. The highest BCUT2D eigenvalue weighted by molar-refractivity contribution is 6.30. The van der Waals surface area contributed by atoms with Gasteiger partial charge in [-0.25, -0.2) is 9.18 Å². The largest absolute Gasteiger partial charge is 0.478 e. The van der Waals surface area contributed by atoms with Gasteiger partial charge >= 0.3 is 5.97 Å². The van der Waals surface area contributed by atoms with Crippen molar-refractivity contribution in [2.24, 2.45) is 0 Å². The first kappa shape index (κ1) is 13.1. The van der Waals surface area contributed by atoms with Gasteiger partial charge in [0, 0.05) is 30.1 Å². The summed E-state index contributed by atoms with van der Waals surface area (Å²) in [6.45, 7) is 0. The van der Waals surface area contributed by atoms with Crippen molar-refractivity contribution < 1.29 is 19.0 Å². The minimum Gasteiger partial charge on any atom is -0.478 e. The number of anilines is 1. The van der Waals surface area contributed by atoms with Crippen LogP contribution in [0.2, 0.25) is 5.02 Å². The molecule has 98 valence electrons. The molecule has 3 N–H and O–H groups in total. The van der Waals surface area contributed by atoms with Crippen molar-refractivity contribution in [3.8, 4) is 11.5 Å². The Kier molecular flexibility index (Phi) is 3.52. The zero-order valence-corrected chi connectivity index (χ0v) is 10.2. The molecule has 0 amide bonds. The second-order valence-corrected chi connectivity index (χ2v) is 4.05. The van der Waals surface area contributed by atoms with E-state index in [1.54, 1.807) is 0 Å². The van der Waals surface area contributed by atoms with Crippen LogP contribution in [0.15, 0.2) is 30.6 Å². The van der Waals surface area contributed by atoms with Crippen LogP contribution in [-0.4, -0.2) is 16.1 Å². The summed E-state index contributed by atoms with van der Waals surface area (Å²) in [5.74, 6) is -2.13. The first-order chi connectivity index (χ1) is 8.97. The van der Waals surface area contributed by atoms with Crippen molar-refractivity contribution in [1.29, 1.82) is 0 Å². The highest BCUT2D eigenvalue weighted by Crippen LogP contribution is 2.29. The van der Waals surface area contributed by atoms with Gasteiger partial charge in [-0.3, -0.25) is 4.98 Å². The molecule has 0 radical (unpaired) electrons. The summed E-state index contributed by atoms with van der Waals surface area (Å²) >= 11 is 5.71. The molecule has 0 aliphatic carbocycles. The van der Waals surface area contributed by atoms with Crippen molar-refractivity contribution in [3.05, 3.63) is 47.0 Å². The van der Waals surface area contributed by atoms with Gasteiger partial charge in [0.05, 0.1) is 16.8 Å². The number of aromatic carboxylic acids is 1. The minimum absolute atomic E-state index is 0.179. The lowest BCUT2D eigenvalue weighted by molar-refractivity contribution is 0.0697. The number of nitrogen functional groups attached to an aromatic ring is 1. The summed E-state index contributed by atoms with van der Waals surface area (Å²) in [5.41, 5.74) is 4.98. The zero-order chi connectivity index (χ0) is 14.0. The molecule has 2 rings (SSSR count). The molecule has 19 heavy (non-hydrogen) atoms. The number of rotatable bonds is 3. The van der Waals surface area contributed by atoms with E-state index in [-0.39, 0.29) is 22.7 Å². The molecule has 0 bridgehead atoms. The third-order valence-corrected chi connectivity index (χ3v) is 2.45. The van der Waals surface area contributed by atoms with Gasteiger partial charge < -0.3 is 15.6 Å². The maximum atomic E-state index is 13.6. The first-order valence-electron chi connectivity index (χ1n) is 5.08. The molecule has 1 aromatic heterocycles. The van der Waals surface area contributed by atoms with E-state index >= 15 is 0 Å². The number of carboxylic acid groups (broad SMARTS) is 1. The molecule has 0 fully saturated rings. The van der Waals surface area contributed by atoms with E-state index in [4.69, 9.17) is 27.2 Å². The number of nitrogens with two attached hydrogens (primary N) is 1. The van der Waals surface area contributed by atoms with E-state index in [2.05, 4.69) is 4.98 Å². The van der Waals surface area contributed by atoms with Crippen LogP contribution in [0, 0.1) is 5.82 Å². The van der Waals surface area contributed by atoms with Crippen molar-refractivity contribution >= 4 is 23.3 Å². The lowest BCUT2D eigenvalue weighted by atomic mass is 10.1. The first-order valence-corrected chi connectivity index (χ1v) is 5.46. The van der Waals surface area contributed by atoms with Gasteiger partial charge in [0.15, 0.2) is 11.6 Å². The van der Waals surface area contributed by atoms with Crippen LogP contribution < -0.4 is 10.5 Å². The second-order valence-electron chi connectivity index (χ2n) is 3.62. The Labute approximate surface area is 112 Å². The maximum Gasteiger partial charge on any atom is 0.337 e. The fourth-order valence-corrected chi connectivity index (χ4v) is 1.57. The third-order valence-electron chi connectivity index (χ3n) is 2.24. The summed E-state index contributed by atoms with van der Waals surface area (Å²) in [6.07, 6.45) is 2.71. The molecule has 0 aliphatic rings. The molecule has 0 saturated heterocycles. The normalized spacial score (nSPS) is 10.2. The molecular formula is C12H8ClFN2O3. The Bertz CT molecular complexity index is 649.